The number of Topliss-reactive ketones (excluding diaryl/α,β-unsaturated/α-hetero) is 1. The third-order valence-corrected chi connectivity index (χ3v) is 3.55. The Hall–Kier alpha value is -1.69. The minimum atomic E-state index is -0.646. The lowest BCUT2D eigenvalue weighted by Gasteiger charge is -2.18. The molecule has 20 heavy (non-hydrogen) atoms. The lowest BCUT2D eigenvalue weighted by atomic mass is 10.1. The summed E-state index contributed by atoms with van der Waals surface area (Å²) in [6, 6.07) is 3.44. The van der Waals surface area contributed by atoms with Crippen molar-refractivity contribution in [2.24, 2.45) is 0 Å². The molecule has 0 saturated heterocycles. The zero-order chi connectivity index (χ0) is 14.9. The maximum Gasteiger partial charge on any atom is 0.299 e. The van der Waals surface area contributed by atoms with Gasteiger partial charge in [-0.3, -0.25) is 19.3 Å². The molecule has 1 aliphatic rings. The van der Waals surface area contributed by atoms with Crippen LogP contribution in [0.1, 0.15) is 29.3 Å². The first-order chi connectivity index (χ1) is 9.45. The van der Waals surface area contributed by atoms with E-state index in [4.69, 9.17) is 0 Å². The van der Waals surface area contributed by atoms with E-state index in [1.807, 2.05) is 19.9 Å². The van der Waals surface area contributed by atoms with Gasteiger partial charge in [0.05, 0.1) is 11.3 Å². The Morgan fingerprint density at radius 1 is 1.35 bits per heavy atom. The van der Waals surface area contributed by atoms with Crippen molar-refractivity contribution in [2.45, 2.75) is 20.3 Å². The normalized spacial score (nSPS) is 13.7. The predicted octanol–water partition coefficient (Wildman–Crippen LogP) is 1.81. The van der Waals surface area contributed by atoms with E-state index in [0.717, 1.165) is 16.5 Å². The second-order valence-electron chi connectivity index (χ2n) is 4.69. The number of halogens is 1. The number of fused-ring (bicyclic) bond motifs is 1. The van der Waals surface area contributed by atoms with Crippen LogP contribution in [0, 0.1) is 6.92 Å². The largest absolute Gasteiger partial charge is 0.355 e. The molecule has 1 N–H and O–H groups in total. The Kier molecular flexibility index (Phi) is 4.23. The maximum absolute atomic E-state index is 12.0. The van der Waals surface area contributed by atoms with Crippen LogP contribution in [-0.4, -0.2) is 30.7 Å². The van der Waals surface area contributed by atoms with Gasteiger partial charge in [-0.1, -0.05) is 22.9 Å². The number of ketones is 1. The number of nitrogens with one attached hydrogen (secondary N) is 1. The second-order valence-corrected chi connectivity index (χ2v) is 5.60. The summed E-state index contributed by atoms with van der Waals surface area (Å²) < 4.78 is 0.743. The van der Waals surface area contributed by atoms with Crippen LogP contribution in [0.3, 0.4) is 0 Å². The van der Waals surface area contributed by atoms with Crippen LogP contribution in [0.15, 0.2) is 16.6 Å². The number of anilines is 1. The van der Waals surface area contributed by atoms with Gasteiger partial charge in [-0.25, -0.2) is 0 Å². The Bertz CT molecular complexity index is 598. The molecule has 1 heterocycles. The zero-order valence-electron chi connectivity index (χ0n) is 11.3. The first kappa shape index (κ1) is 14.7. The Morgan fingerprint density at radius 3 is 2.70 bits per heavy atom. The second kappa shape index (κ2) is 5.75. The molecule has 0 aliphatic carbocycles. The van der Waals surface area contributed by atoms with E-state index in [2.05, 4.69) is 21.2 Å². The number of carbonyl (C=O) groups excluding carboxylic acids is 3. The summed E-state index contributed by atoms with van der Waals surface area (Å²) >= 11 is 3.31. The zero-order valence-corrected chi connectivity index (χ0v) is 12.9. The fourth-order valence-corrected chi connectivity index (χ4v) is 2.79. The summed E-state index contributed by atoms with van der Waals surface area (Å²) in [5.74, 6) is -1.47. The summed E-state index contributed by atoms with van der Waals surface area (Å²) in [6.45, 7) is 4.19. The number of amides is 2. The smallest absolute Gasteiger partial charge is 0.299 e. The molecule has 0 bridgehead atoms. The van der Waals surface area contributed by atoms with E-state index in [1.165, 1.54) is 4.90 Å². The molecule has 6 heteroatoms. The topological polar surface area (TPSA) is 66.5 Å². The highest BCUT2D eigenvalue weighted by Crippen LogP contribution is 2.34. The molecule has 0 spiro atoms. The summed E-state index contributed by atoms with van der Waals surface area (Å²) in [5, 5.41) is 2.70. The number of nitrogens with zero attached hydrogens (tertiary/aromatic N) is 1. The van der Waals surface area contributed by atoms with E-state index in [9.17, 15) is 14.4 Å². The van der Waals surface area contributed by atoms with E-state index in [1.54, 1.807) is 6.07 Å². The van der Waals surface area contributed by atoms with Crippen LogP contribution in [0.5, 0.6) is 0 Å². The molecule has 0 saturated carbocycles. The van der Waals surface area contributed by atoms with Gasteiger partial charge in [0.2, 0.25) is 5.91 Å². The quantitative estimate of drug-likeness (QED) is 0.851. The van der Waals surface area contributed by atoms with Crippen LogP contribution in [-0.2, 0) is 9.59 Å². The molecule has 1 aromatic rings. The van der Waals surface area contributed by atoms with Crippen molar-refractivity contribution in [1.82, 2.24) is 5.32 Å². The highest BCUT2D eigenvalue weighted by atomic mass is 79.9. The Labute approximate surface area is 125 Å². The van der Waals surface area contributed by atoms with Crippen LogP contribution < -0.4 is 10.2 Å². The monoisotopic (exact) mass is 338 g/mol. The molecule has 2 rings (SSSR count). The molecule has 1 aliphatic heterocycles. The number of aryl methyl sites for hydroxylation is 1. The molecule has 5 nitrogen and oxygen atoms in total. The third kappa shape index (κ3) is 2.60. The minimum Gasteiger partial charge on any atom is -0.355 e. The van der Waals surface area contributed by atoms with E-state index >= 15 is 0 Å². The van der Waals surface area contributed by atoms with Gasteiger partial charge < -0.3 is 5.32 Å². The fraction of sp³-hybridized carbons (Fsp3) is 0.357. The van der Waals surface area contributed by atoms with E-state index < -0.39 is 11.7 Å². The van der Waals surface area contributed by atoms with Gasteiger partial charge in [0.25, 0.3) is 11.7 Å². The van der Waals surface area contributed by atoms with Gasteiger partial charge in [-0.15, -0.1) is 0 Å². The average Bonchev–Trinajstić information content (AvgIpc) is 2.62. The third-order valence-electron chi connectivity index (χ3n) is 3.09. The van der Waals surface area contributed by atoms with Gasteiger partial charge in [-0.2, -0.15) is 0 Å². The Morgan fingerprint density at radius 2 is 2.05 bits per heavy atom. The van der Waals surface area contributed by atoms with Crippen LogP contribution in [0.4, 0.5) is 5.69 Å². The van der Waals surface area contributed by atoms with Crippen molar-refractivity contribution in [3.05, 3.63) is 27.7 Å². The average molecular weight is 339 g/mol. The molecule has 2 amide bonds. The van der Waals surface area contributed by atoms with Crippen molar-refractivity contribution in [3.8, 4) is 0 Å². The van der Waals surface area contributed by atoms with Crippen molar-refractivity contribution < 1.29 is 14.4 Å². The molecule has 0 unspecified atom stereocenters. The van der Waals surface area contributed by atoms with Gasteiger partial charge >= 0.3 is 0 Å². The molecule has 106 valence electrons. The standard InChI is InChI=1S/C14H15BrN2O3/c1-3-4-16-11(18)7-17-12-8(2)5-9(15)6-10(12)13(19)14(17)20/h5-6H,3-4,7H2,1-2H3,(H,16,18). The number of rotatable bonds is 4. The maximum atomic E-state index is 12.0. The van der Waals surface area contributed by atoms with Gasteiger partial charge in [0.15, 0.2) is 0 Å². The molecule has 0 atom stereocenters. The number of hydrogen-bond acceptors (Lipinski definition) is 3. The molecular weight excluding hydrogens is 324 g/mol. The summed E-state index contributed by atoms with van der Waals surface area (Å²) in [6.07, 6.45) is 0.821. The van der Waals surface area contributed by atoms with Crippen molar-refractivity contribution in [3.63, 3.8) is 0 Å². The fourth-order valence-electron chi connectivity index (χ4n) is 2.22. The molecule has 0 radical (unpaired) electrons. The molecule has 0 fully saturated rings. The van der Waals surface area contributed by atoms with Crippen LogP contribution >= 0.6 is 15.9 Å². The van der Waals surface area contributed by atoms with Gasteiger partial charge in [-0.05, 0) is 31.0 Å². The lowest BCUT2D eigenvalue weighted by Crippen LogP contribution is -2.40. The molecule has 1 aromatic carbocycles. The first-order valence-electron chi connectivity index (χ1n) is 6.38. The number of hydrogen-bond donors (Lipinski definition) is 1. The van der Waals surface area contributed by atoms with Crippen molar-refractivity contribution >= 4 is 39.2 Å². The van der Waals surface area contributed by atoms with Crippen LogP contribution in [0.2, 0.25) is 0 Å². The van der Waals surface area contributed by atoms with Gasteiger partial charge in [0.1, 0.15) is 6.54 Å². The van der Waals surface area contributed by atoms with Crippen molar-refractivity contribution in [1.29, 1.82) is 0 Å². The number of benzene rings is 1. The minimum absolute atomic E-state index is 0.125. The highest BCUT2D eigenvalue weighted by molar-refractivity contribution is 9.10. The molecular formula is C14H15BrN2O3. The SMILES string of the molecule is CCCNC(=O)CN1C(=O)C(=O)c2cc(Br)cc(C)c21. The lowest BCUT2D eigenvalue weighted by molar-refractivity contribution is -0.122. The summed E-state index contributed by atoms with van der Waals surface area (Å²) in [5.41, 5.74) is 1.68. The predicted molar refractivity (Wildman–Crippen MR) is 78.9 cm³/mol. The van der Waals surface area contributed by atoms with Crippen molar-refractivity contribution in [2.75, 3.05) is 18.0 Å². The molecule has 0 aromatic heterocycles. The van der Waals surface area contributed by atoms with Gasteiger partial charge in [0, 0.05) is 11.0 Å². The van der Waals surface area contributed by atoms with E-state index in [-0.39, 0.29) is 12.5 Å². The Balaban J connectivity index is 2.31. The summed E-state index contributed by atoms with van der Waals surface area (Å²) in [4.78, 5) is 37.0. The highest BCUT2D eigenvalue weighted by Gasteiger charge is 2.38. The first-order valence-corrected chi connectivity index (χ1v) is 7.18. The summed E-state index contributed by atoms with van der Waals surface area (Å²) in [7, 11) is 0. The van der Waals surface area contributed by atoms with E-state index in [0.29, 0.717) is 17.8 Å². The van der Waals surface area contributed by atoms with Crippen LogP contribution in [0.25, 0.3) is 0 Å². The number of carbonyl (C=O) groups is 3.